The molecule has 0 aromatic carbocycles. The first-order chi connectivity index (χ1) is 10.2. The van der Waals surface area contributed by atoms with Crippen LogP contribution in [0.3, 0.4) is 0 Å². The SMILES string of the molecule is CC(C)(C)OC(=O)CCC1(c2cccnc2)NC(=O)CC1=O. The molecule has 2 heterocycles. The smallest absolute Gasteiger partial charge is 0.306 e. The third-order valence-electron chi connectivity index (χ3n) is 3.43. The van der Waals surface area contributed by atoms with Gasteiger partial charge in [-0.3, -0.25) is 19.4 Å². The molecule has 1 fully saturated rings. The number of hydrogen-bond donors (Lipinski definition) is 1. The maximum atomic E-state index is 12.3. The number of Topliss-reactive ketones (excluding diaryl/α,β-unsaturated/α-hetero) is 1. The normalized spacial score (nSPS) is 21.6. The molecule has 0 aliphatic carbocycles. The van der Waals surface area contributed by atoms with Crippen LogP contribution < -0.4 is 5.32 Å². The third-order valence-corrected chi connectivity index (χ3v) is 3.43. The minimum Gasteiger partial charge on any atom is -0.460 e. The number of ether oxygens (including phenoxy) is 1. The Labute approximate surface area is 129 Å². The number of hydrogen-bond acceptors (Lipinski definition) is 5. The molecule has 2 rings (SSSR count). The van der Waals surface area contributed by atoms with E-state index in [9.17, 15) is 14.4 Å². The highest BCUT2D eigenvalue weighted by Gasteiger charge is 2.47. The molecule has 1 unspecified atom stereocenters. The second-order valence-electron chi connectivity index (χ2n) is 6.38. The van der Waals surface area contributed by atoms with Gasteiger partial charge in [0.1, 0.15) is 11.1 Å². The van der Waals surface area contributed by atoms with Crippen LogP contribution in [0.15, 0.2) is 24.5 Å². The summed E-state index contributed by atoms with van der Waals surface area (Å²) in [6, 6.07) is 3.42. The van der Waals surface area contributed by atoms with E-state index >= 15 is 0 Å². The van der Waals surface area contributed by atoms with Crippen molar-refractivity contribution >= 4 is 17.7 Å². The fourth-order valence-corrected chi connectivity index (χ4v) is 2.53. The van der Waals surface area contributed by atoms with E-state index in [0.29, 0.717) is 5.56 Å². The Kier molecular flexibility index (Phi) is 4.30. The lowest BCUT2D eigenvalue weighted by Gasteiger charge is -2.28. The minimum absolute atomic E-state index is 0.0399. The van der Waals surface area contributed by atoms with Crippen molar-refractivity contribution in [1.29, 1.82) is 0 Å². The molecule has 1 N–H and O–H groups in total. The number of nitrogens with one attached hydrogen (secondary N) is 1. The molecule has 0 bridgehead atoms. The molecule has 1 atom stereocenters. The second kappa shape index (κ2) is 5.87. The summed E-state index contributed by atoms with van der Waals surface area (Å²) in [5, 5.41) is 2.72. The highest BCUT2D eigenvalue weighted by atomic mass is 16.6. The predicted molar refractivity (Wildman–Crippen MR) is 78.8 cm³/mol. The maximum Gasteiger partial charge on any atom is 0.306 e. The zero-order chi connectivity index (χ0) is 16.4. The van der Waals surface area contributed by atoms with Gasteiger partial charge in [0.25, 0.3) is 0 Å². The van der Waals surface area contributed by atoms with Crippen molar-refractivity contribution in [2.24, 2.45) is 0 Å². The van der Waals surface area contributed by atoms with Crippen LogP contribution in [-0.2, 0) is 24.7 Å². The Bertz CT molecular complexity index is 592. The lowest BCUT2D eigenvalue weighted by atomic mass is 9.84. The number of pyridine rings is 1. The fraction of sp³-hybridized carbons (Fsp3) is 0.500. The summed E-state index contributed by atoms with van der Waals surface area (Å²) in [6.45, 7) is 5.35. The molecule has 22 heavy (non-hydrogen) atoms. The van der Waals surface area contributed by atoms with Gasteiger partial charge in [-0.1, -0.05) is 6.07 Å². The van der Waals surface area contributed by atoms with Crippen molar-refractivity contribution in [2.75, 3.05) is 0 Å². The number of aromatic nitrogens is 1. The van der Waals surface area contributed by atoms with Crippen molar-refractivity contribution in [1.82, 2.24) is 10.3 Å². The van der Waals surface area contributed by atoms with E-state index in [0.717, 1.165) is 0 Å². The summed E-state index contributed by atoms with van der Waals surface area (Å²) in [5.74, 6) is -0.975. The van der Waals surface area contributed by atoms with Crippen LogP contribution in [-0.4, -0.2) is 28.2 Å². The molecule has 6 nitrogen and oxygen atoms in total. The Morgan fingerprint density at radius 2 is 2.14 bits per heavy atom. The minimum atomic E-state index is -1.18. The van der Waals surface area contributed by atoms with Gasteiger partial charge in [-0.2, -0.15) is 0 Å². The first kappa shape index (κ1) is 16.1. The molecule has 0 radical (unpaired) electrons. The maximum absolute atomic E-state index is 12.3. The van der Waals surface area contributed by atoms with Gasteiger partial charge < -0.3 is 10.1 Å². The number of nitrogens with zero attached hydrogens (tertiary/aromatic N) is 1. The number of rotatable bonds is 4. The van der Waals surface area contributed by atoms with Crippen LogP contribution in [0.5, 0.6) is 0 Å². The van der Waals surface area contributed by atoms with Crippen molar-refractivity contribution in [3.05, 3.63) is 30.1 Å². The molecule has 0 spiro atoms. The molecule has 0 saturated carbocycles. The number of carbonyl (C=O) groups is 3. The summed E-state index contributed by atoms with van der Waals surface area (Å²) in [4.78, 5) is 39.9. The first-order valence-electron chi connectivity index (χ1n) is 7.20. The van der Waals surface area contributed by atoms with Gasteiger partial charge in [-0.15, -0.1) is 0 Å². The zero-order valence-corrected chi connectivity index (χ0v) is 13.0. The van der Waals surface area contributed by atoms with E-state index in [1.165, 1.54) is 0 Å². The summed E-state index contributed by atoms with van der Waals surface area (Å²) in [6.07, 6.45) is 3.16. The Morgan fingerprint density at radius 1 is 1.41 bits per heavy atom. The summed E-state index contributed by atoms with van der Waals surface area (Å²) in [5.41, 5.74) is -1.17. The number of esters is 1. The number of amides is 1. The van der Waals surface area contributed by atoms with Crippen LogP contribution in [0.2, 0.25) is 0 Å². The summed E-state index contributed by atoms with van der Waals surface area (Å²) >= 11 is 0. The molecular weight excluding hydrogens is 284 g/mol. The Balaban J connectivity index is 2.19. The molecule has 118 valence electrons. The van der Waals surface area contributed by atoms with Gasteiger partial charge in [-0.05, 0) is 33.3 Å². The fourth-order valence-electron chi connectivity index (χ4n) is 2.53. The Hall–Kier alpha value is -2.24. The van der Waals surface area contributed by atoms with Crippen molar-refractivity contribution < 1.29 is 19.1 Å². The standard InChI is InChI=1S/C16H20N2O4/c1-15(2,3)22-14(21)6-7-16(11-5-4-8-17-10-11)12(19)9-13(20)18-16/h4-5,8,10H,6-7,9H2,1-3H3,(H,18,20). The van der Waals surface area contributed by atoms with Crippen molar-refractivity contribution in [3.8, 4) is 0 Å². The van der Waals surface area contributed by atoms with Crippen LogP contribution in [0.25, 0.3) is 0 Å². The monoisotopic (exact) mass is 304 g/mol. The Morgan fingerprint density at radius 3 is 2.64 bits per heavy atom. The van der Waals surface area contributed by atoms with Crippen molar-refractivity contribution in [3.63, 3.8) is 0 Å². The molecule has 1 aromatic heterocycles. The summed E-state index contributed by atoms with van der Waals surface area (Å²) in [7, 11) is 0. The van der Waals surface area contributed by atoms with E-state index in [4.69, 9.17) is 4.74 Å². The predicted octanol–water partition coefficient (Wildman–Crippen LogP) is 1.49. The van der Waals surface area contributed by atoms with Crippen LogP contribution in [0.1, 0.15) is 45.6 Å². The van der Waals surface area contributed by atoms with Gasteiger partial charge in [0.15, 0.2) is 5.78 Å². The van der Waals surface area contributed by atoms with Gasteiger partial charge in [0, 0.05) is 24.4 Å². The van der Waals surface area contributed by atoms with Crippen LogP contribution >= 0.6 is 0 Å². The van der Waals surface area contributed by atoms with E-state index in [2.05, 4.69) is 10.3 Å². The highest BCUT2D eigenvalue weighted by molar-refractivity contribution is 6.10. The number of ketones is 1. The quantitative estimate of drug-likeness (QED) is 0.673. The van der Waals surface area contributed by atoms with Gasteiger partial charge in [0.2, 0.25) is 5.91 Å². The lowest BCUT2D eigenvalue weighted by molar-refractivity contribution is -0.155. The van der Waals surface area contributed by atoms with Gasteiger partial charge >= 0.3 is 5.97 Å². The van der Waals surface area contributed by atoms with Gasteiger partial charge in [-0.25, -0.2) is 0 Å². The van der Waals surface area contributed by atoms with E-state index in [-0.39, 0.29) is 31.0 Å². The highest BCUT2D eigenvalue weighted by Crippen LogP contribution is 2.33. The van der Waals surface area contributed by atoms with E-state index in [1.54, 1.807) is 45.3 Å². The molecule has 1 aliphatic rings. The van der Waals surface area contributed by atoms with Crippen LogP contribution in [0.4, 0.5) is 0 Å². The average Bonchev–Trinajstić information content (AvgIpc) is 2.71. The molecule has 6 heteroatoms. The first-order valence-corrected chi connectivity index (χ1v) is 7.20. The van der Waals surface area contributed by atoms with E-state index in [1.807, 2.05) is 0 Å². The molecule has 1 aromatic rings. The topological polar surface area (TPSA) is 85.4 Å². The average molecular weight is 304 g/mol. The molecule has 1 amide bonds. The van der Waals surface area contributed by atoms with Gasteiger partial charge in [0.05, 0.1) is 6.42 Å². The molecular formula is C16H20N2O4. The number of carbonyl (C=O) groups excluding carboxylic acids is 3. The van der Waals surface area contributed by atoms with E-state index < -0.39 is 17.1 Å². The zero-order valence-electron chi connectivity index (χ0n) is 13.0. The molecule has 1 saturated heterocycles. The largest absolute Gasteiger partial charge is 0.460 e. The molecule has 1 aliphatic heterocycles. The van der Waals surface area contributed by atoms with Crippen molar-refractivity contribution in [2.45, 2.75) is 51.2 Å². The third kappa shape index (κ3) is 3.50. The lowest BCUT2D eigenvalue weighted by Crippen LogP contribution is -2.44. The summed E-state index contributed by atoms with van der Waals surface area (Å²) < 4.78 is 5.26. The second-order valence-corrected chi connectivity index (χ2v) is 6.38. The van der Waals surface area contributed by atoms with Crippen LogP contribution in [0, 0.1) is 0 Å².